The minimum absolute atomic E-state index is 0.212. The molecule has 0 radical (unpaired) electrons. The Kier molecular flexibility index (Phi) is 6.45. The molecule has 1 rings (SSSR count). The lowest BCUT2D eigenvalue weighted by molar-refractivity contribution is -0.139. The van der Waals surface area contributed by atoms with Gasteiger partial charge in [0.1, 0.15) is 11.8 Å². The van der Waals surface area contributed by atoms with Crippen LogP contribution in [0, 0.1) is 0 Å². The number of nitrogens with one attached hydrogen (secondary N) is 2. The average Bonchev–Trinajstić information content (AvgIpc) is 2.88. The lowest BCUT2D eigenvalue weighted by atomic mass is 10.1. The lowest BCUT2D eigenvalue weighted by Crippen LogP contribution is -2.45. The van der Waals surface area contributed by atoms with Gasteiger partial charge >= 0.3 is 12.0 Å². The van der Waals surface area contributed by atoms with Crippen LogP contribution in [0.5, 0.6) is 0 Å². The molecule has 1 heterocycles. The summed E-state index contributed by atoms with van der Waals surface area (Å²) in [6.07, 6.45) is 2.38. The number of ether oxygens (including phenoxy) is 1. The summed E-state index contributed by atoms with van der Waals surface area (Å²) in [5.41, 5.74) is 0. The molecule has 0 fully saturated rings. The van der Waals surface area contributed by atoms with E-state index < -0.39 is 18.0 Å². The summed E-state index contributed by atoms with van der Waals surface area (Å²) >= 11 is 0. The van der Waals surface area contributed by atoms with Crippen molar-refractivity contribution in [3.8, 4) is 0 Å². The molecule has 1 unspecified atom stereocenters. The third-order valence-corrected chi connectivity index (χ3v) is 2.45. The van der Waals surface area contributed by atoms with Gasteiger partial charge in [0.15, 0.2) is 0 Å². The van der Waals surface area contributed by atoms with Crippen LogP contribution in [0.1, 0.15) is 18.6 Å². The van der Waals surface area contributed by atoms with Gasteiger partial charge in [0.25, 0.3) is 0 Å². The topological polar surface area (TPSA) is 101 Å². The van der Waals surface area contributed by atoms with Gasteiger partial charge in [-0.2, -0.15) is 0 Å². The number of carbonyl (C=O) groups is 2. The highest BCUT2D eigenvalue weighted by Crippen LogP contribution is 2.00. The van der Waals surface area contributed by atoms with Crippen molar-refractivity contribution in [2.24, 2.45) is 0 Å². The van der Waals surface area contributed by atoms with Crippen LogP contribution in [-0.4, -0.2) is 36.9 Å². The highest BCUT2D eigenvalue weighted by atomic mass is 16.5. The molecule has 0 saturated heterocycles. The number of furan rings is 1. The molecule has 2 amide bonds. The van der Waals surface area contributed by atoms with Crippen LogP contribution in [0.2, 0.25) is 0 Å². The number of urea groups is 1. The van der Waals surface area contributed by atoms with Crippen molar-refractivity contribution in [2.75, 3.05) is 13.7 Å². The summed E-state index contributed by atoms with van der Waals surface area (Å²) in [5, 5.41) is 13.9. The first-order valence-electron chi connectivity index (χ1n) is 5.92. The van der Waals surface area contributed by atoms with Crippen LogP contribution < -0.4 is 10.6 Å². The van der Waals surface area contributed by atoms with Crippen LogP contribution >= 0.6 is 0 Å². The number of hydrogen-bond donors (Lipinski definition) is 3. The Labute approximate surface area is 110 Å². The van der Waals surface area contributed by atoms with Crippen molar-refractivity contribution < 1.29 is 23.8 Å². The maximum Gasteiger partial charge on any atom is 0.326 e. The molecule has 0 aliphatic heterocycles. The van der Waals surface area contributed by atoms with E-state index in [4.69, 9.17) is 14.3 Å². The van der Waals surface area contributed by atoms with Crippen molar-refractivity contribution in [3.63, 3.8) is 0 Å². The zero-order valence-electron chi connectivity index (χ0n) is 10.7. The van der Waals surface area contributed by atoms with E-state index >= 15 is 0 Å². The summed E-state index contributed by atoms with van der Waals surface area (Å²) in [5.74, 6) is -0.467. The fraction of sp³-hybridized carbons (Fsp3) is 0.500. The van der Waals surface area contributed by atoms with Gasteiger partial charge in [-0.3, -0.25) is 0 Å². The number of hydrogen-bond acceptors (Lipinski definition) is 4. The second-order valence-electron chi connectivity index (χ2n) is 3.93. The molecule has 1 aromatic heterocycles. The first-order valence-corrected chi connectivity index (χ1v) is 5.92. The Morgan fingerprint density at radius 3 is 2.89 bits per heavy atom. The number of aliphatic carboxylic acids is 1. The molecule has 0 saturated carbocycles. The Hall–Kier alpha value is -2.02. The van der Waals surface area contributed by atoms with Crippen molar-refractivity contribution in [2.45, 2.75) is 25.4 Å². The summed E-state index contributed by atoms with van der Waals surface area (Å²) in [6, 6.07) is 1.96. The second-order valence-corrected chi connectivity index (χ2v) is 3.93. The molecule has 0 bridgehead atoms. The molecular formula is C12H18N2O5. The van der Waals surface area contributed by atoms with Gasteiger partial charge in [-0.05, 0) is 25.0 Å². The molecule has 19 heavy (non-hydrogen) atoms. The zero-order chi connectivity index (χ0) is 14.1. The zero-order valence-corrected chi connectivity index (χ0v) is 10.7. The van der Waals surface area contributed by atoms with Crippen LogP contribution in [0.4, 0.5) is 4.79 Å². The Bertz CT molecular complexity index is 391. The largest absolute Gasteiger partial charge is 0.480 e. The number of carboxylic acids is 1. The second kappa shape index (κ2) is 8.15. The predicted octanol–water partition coefficient (Wildman–Crippen LogP) is 0.959. The van der Waals surface area contributed by atoms with Gasteiger partial charge in [-0.25, -0.2) is 9.59 Å². The third-order valence-electron chi connectivity index (χ3n) is 2.45. The standard InChI is InChI=1S/C12H18N2O5/c1-18-6-3-5-10(11(15)16)14-12(17)13-8-9-4-2-7-19-9/h2,4,7,10H,3,5-6,8H2,1H3,(H,15,16)(H2,13,14,17). The van der Waals surface area contributed by atoms with E-state index in [0.717, 1.165) is 0 Å². The van der Waals surface area contributed by atoms with E-state index in [1.807, 2.05) is 0 Å². The minimum atomic E-state index is -1.07. The number of amides is 2. The normalized spacial score (nSPS) is 11.8. The van der Waals surface area contributed by atoms with Crippen molar-refractivity contribution in [1.29, 1.82) is 0 Å². The quantitative estimate of drug-likeness (QED) is 0.611. The molecule has 106 valence electrons. The SMILES string of the molecule is COCCCC(NC(=O)NCc1ccco1)C(=O)O. The molecule has 3 N–H and O–H groups in total. The summed E-state index contributed by atoms with van der Waals surface area (Å²) in [4.78, 5) is 22.5. The first-order chi connectivity index (χ1) is 9.13. The van der Waals surface area contributed by atoms with E-state index in [2.05, 4.69) is 10.6 Å². The molecular weight excluding hydrogens is 252 g/mol. The number of carboxylic acid groups (broad SMARTS) is 1. The van der Waals surface area contributed by atoms with Crippen LogP contribution in [0.25, 0.3) is 0 Å². The third kappa shape index (κ3) is 5.91. The lowest BCUT2D eigenvalue weighted by Gasteiger charge is -2.14. The Morgan fingerprint density at radius 1 is 1.53 bits per heavy atom. The van der Waals surface area contributed by atoms with Gasteiger partial charge in [-0.1, -0.05) is 0 Å². The van der Waals surface area contributed by atoms with E-state index in [9.17, 15) is 9.59 Å². The van der Waals surface area contributed by atoms with E-state index in [1.54, 1.807) is 19.2 Å². The van der Waals surface area contributed by atoms with E-state index in [1.165, 1.54) is 6.26 Å². The molecule has 0 aliphatic rings. The average molecular weight is 270 g/mol. The fourth-order valence-electron chi connectivity index (χ4n) is 1.48. The van der Waals surface area contributed by atoms with Gasteiger partial charge in [0, 0.05) is 13.7 Å². The number of carbonyl (C=O) groups excluding carboxylic acids is 1. The van der Waals surface area contributed by atoms with Gasteiger partial charge in [0.05, 0.1) is 12.8 Å². The Balaban J connectivity index is 2.32. The first kappa shape index (κ1) is 15.0. The maximum absolute atomic E-state index is 11.5. The van der Waals surface area contributed by atoms with Crippen LogP contribution in [-0.2, 0) is 16.1 Å². The molecule has 7 heteroatoms. The number of methoxy groups -OCH3 is 1. The van der Waals surface area contributed by atoms with Gasteiger partial charge in [-0.15, -0.1) is 0 Å². The minimum Gasteiger partial charge on any atom is -0.480 e. The predicted molar refractivity (Wildman–Crippen MR) is 66.6 cm³/mol. The van der Waals surface area contributed by atoms with Crippen LogP contribution in [0.3, 0.4) is 0 Å². The Morgan fingerprint density at radius 2 is 2.32 bits per heavy atom. The summed E-state index contributed by atoms with van der Waals surface area (Å²) < 4.78 is 9.88. The highest BCUT2D eigenvalue weighted by molar-refractivity contribution is 5.82. The molecule has 0 aromatic carbocycles. The summed E-state index contributed by atoms with van der Waals surface area (Å²) in [6.45, 7) is 0.669. The van der Waals surface area contributed by atoms with E-state index in [-0.39, 0.29) is 6.54 Å². The highest BCUT2D eigenvalue weighted by Gasteiger charge is 2.19. The monoisotopic (exact) mass is 270 g/mol. The van der Waals surface area contributed by atoms with Crippen molar-refractivity contribution in [3.05, 3.63) is 24.2 Å². The fourth-order valence-corrected chi connectivity index (χ4v) is 1.48. The maximum atomic E-state index is 11.5. The van der Waals surface area contributed by atoms with Gasteiger partial charge in [0.2, 0.25) is 0 Å². The van der Waals surface area contributed by atoms with Crippen LogP contribution in [0.15, 0.2) is 22.8 Å². The molecule has 1 aromatic rings. The van der Waals surface area contributed by atoms with Crippen molar-refractivity contribution in [1.82, 2.24) is 10.6 Å². The van der Waals surface area contributed by atoms with Gasteiger partial charge < -0.3 is 24.9 Å². The smallest absolute Gasteiger partial charge is 0.326 e. The number of rotatable bonds is 8. The molecule has 7 nitrogen and oxygen atoms in total. The molecule has 0 spiro atoms. The van der Waals surface area contributed by atoms with E-state index in [0.29, 0.717) is 25.2 Å². The summed E-state index contributed by atoms with van der Waals surface area (Å²) in [7, 11) is 1.54. The molecule has 0 aliphatic carbocycles. The molecule has 1 atom stereocenters. The van der Waals surface area contributed by atoms with Crippen molar-refractivity contribution >= 4 is 12.0 Å².